The summed E-state index contributed by atoms with van der Waals surface area (Å²) < 4.78 is 0. The number of aromatic nitrogens is 1. The van der Waals surface area contributed by atoms with E-state index in [1.165, 1.54) is 0 Å². The molecule has 0 bridgehead atoms. The van der Waals surface area contributed by atoms with E-state index in [9.17, 15) is 9.90 Å². The molecule has 3 aromatic rings. The molecule has 104 valence electrons. The molecule has 2 aromatic carbocycles. The third-order valence-electron chi connectivity index (χ3n) is 4.20. The second-order valence-corrected chi connectivity index (χ2v) is 5.38. The van der Waals surface area contributed by atoms with Crippen LogP contribution in [0.3, 0.4) is 0 Å². The molecular weight excluding hydrogens is 264 g/mol. The van der Waals surface area contributed by atoms with Gasteiger partial charge in [0.15, 0.2) is 0 Å². The predicted octanol–water partition coefficient (Wildman–Crippen LogP) is 3.37. The molecule has 4 nitrogen and oxygen atoms in total. The number of benzene rings is 2. The standard InChI is InChI=1S/C17H14N2O2/c20-17(21)14-7-8-18-15-13(14)6-5-12-11-4-2-1-3-10(11)9-19-16(12)15/h1-6,9,14,18H,7-8H2,(H,20,21). The number of carbonyl (C=O) groups is 1. The summed E-state index contributed by atoms with van der Waals surface area (Å²) in [5, 5.41) is 16.0. The Labute approximate surface area is 121 Å². The number of hydrogen-bond donors (Lipinski definition) is 2. The van der Waals surface area contributed by atoms with Crippen molar-refractivity contribution in [2.24, 2.45) is 0 Å². The van der Waals surface area contributed by atoms with Crippen molar-refractivity contribution in [2.45, 2.75) is 12.3 Å². The molecule has 2 heterocycles. The van der Waals surface area contributed by atoms with E-state index in [0.29, 0.717) is 13.0 Å². The van der Waals surface area contributed by atoms with Crippen LogP contribution in [-0.2, 0) is 4.79 Å². The molecule has 1 aromatic heterocycles. The lowest BCUT2D eigenvalue weighted by Crippen LogP contribution is -2.23. The summed E-state index contributed by atoms with van der Waals surface area (Å²) in [6.07, 6.45) is 2.46. The molecule has 0 aliphatic carbocycles. The molecule has 0 amide bonds. The SMILES string of the molecule is O=C(O)C1CCNc2c1ccc1c2ncc2ccccc21. The van der Waals surface area contributed by atoms with Crippen LogP contribution in [0.15, 0.2) is 42.6 Å². The fourth-order valence-electron chi connectivity index (χ4n) is 3.18. The second kappa shape index (κ2) is 4.45. The van der Waals surface area contributed by atoms with Gasteiger partial charge in [-0.15, -0.1) is 0 Å². The smallest absolute Gasteiger partial charge is 0.311 e. The molecule has 0 radical (unpaired) electrons. The van der Waals surface area contributed by atoms with Crippen LogP contribution in [0.25, 0.3) is 21.7 Å². The number of nitrogens with one attached hydrogen (secondary N) is 1. The number of carboxylic acid groups (broad SMARTS) is 1. The van der Waals surface area contributed by atoms with E-state index >= 15 is 0 Å². The molecule has 0 fully saturated rings. The van der Waals surface area contributed by atoms with Gasteiger partial charge >= 0.3 is 5.97 Å². The number of aliphatic carboxylic acids is 1. The summed E-state index contributed by atoms with van der Waals surface area (Å²) in [6, 6.07) is 12.0. The van der Waals surface area contributed by atoms with Gasteiger partial charge in [0, 0.05) is 23.5 Å². The summed E-state index contributed by atoms with van der Waals surface area (Å²) >= 11 is 0. The Morgan fingerprint density at radius 3 is 2.90 bits per heavy atom. The maximum Gasteiger partial charge on any atom is 0.311 e. The Bertz CT molecular complexity index is 873. The second-order valence-electron chi connectivity index (χ2n) is 5.38. The average molecular weight is 278 g/mol. The molecule has 1 aliphatic rings. The highest BCUT2D eigenvalue weighted by Gasteiger charge is 2.27. The van der Waals surface area contributed by atoms with Gasteiger partial charge in [0.1, 0.15) is 0 Å². The Morgan fingerprint density at radius 2 is 2.05 bits per heavy atom. The van der Waals surface area contributed by atoms with Gasteiger partial charge < -0.3 is 10.4 Å². The summed E-state index contributed by atoms with van der Waals surface area (Å²) in [4.78, 5) is 16.0. The third-order valence-corrected chi connectivity index (χ3v) is 4.20. The minimum atomic E-state index is -0.766. The van der Waals surface area contributed by atoms with Crippen LogP contribution < -0.4 is 5.32 Å². The van der Waals surface area contributed by atoms with E-state index in [-0.39, 0.29) is 0 Å². The van der Waals surface area contributed by atoms with E-state index in [2.05, 4.69) is 16.4 Å². The Balaban J connectivity index is 2.06. The van der Waals surface area contributed by atoms with E-state index < -0.39 is 11.9 Å². The van der Waals surface area contributed by atoms with Gasteiger partial charge in [-0.1, -0.05) is 36.4 Å². The van der Waals surface area contributed by atoms with Crippen LogP contribution >= 0.6 is 0 Å². The van der Waals surface area contributed by atoms with Crippen LogP contribution in [0.1, 0.15) is 17.9 Å². The maximum atomic E-state index is 11.4. The van der Waals surface area contributed by atoms with Gasteiger partial charge in [-0.05, 0) is 17.4 Å². The number of carboxylic acids is 1. The average Bonchev–Trinajstić information content (AvgIpc) is 2.53. The molecular formula is C17H14N2O2. The Kier molecular flexibility index (Phi) is 2.57. The molecule has 2 N–H and O–H groups in total. The largest absolute Gasteiger partial charge is 0.481 e. The minimum Gasteiger partial charge on any atom is -0.481 e. The summed E-state index contributed by atoms with van der Waals surface area (Å²) in [6.45, 7) is 0.664. The lowest BCUT2D eigenvalue weighted by molar-refractivity contribution is -0.138. The summed E-state index contributed by atoms with van der Waals surface area (Å²) in [7, 11) is 0. The number of pyridine rings is 1. The van der Waals surface area contributed by atoms with Crippen molar-refractivity contribution in [3.8, 4) is 0 Å². The number of anilines is 1. The molecule has 1 atom stereocenters. The van der Waals surface area contributed by atoms with Crippen LogP contribution in [0.4, 0.5) is 5.69 Å². The number of nitrogens with zero attached hydrogens (tertiary/aromatic N) is 1. The zero-order chi connectivity index (χ0) is 14.4. The third kappa shape index (κ3) is 1.76. The Hall–Kier alpha value is -2.62. The van der Waals surface area contributed by atoms with Crippen molar-refractivity contribution in [1.29, 1.82) is 0 Å². The monoisotopic (exact) mass is 278 g/mol. The lowest BCUT2D eigenvalue weighted by atomic mass is 9.89. The Morgan fingerprint density at radius 1 is 1.19 bits per heavy atom. The lowest BCUT2D eigenvalue weighted by Gasteiger charge is -2.25. The maximum absolute atomic E-state index is 11.4. The highest BCUT2D eigenvalue weighted by atomic mass is 16.4. The molecule has 0 saturated heterocycles. The van der Waals surface area contributed by atoms with Crippen LogP contribution in [-0.4, -0.2) is 22.6 Å². The van der Waals surface area contributed by atoms with Gasteiger partial charge in [-0.3, -0.25) is 9.78 Å². The van der Waals surface area contributed by atoms with E-state index in [1.807, 2.05) is 36.5 Å². The zero-order valence-electron chi connectivity index (χ0n) is 11.3. The fourth-order valence-corrected chi connectivity index (χ4v) is 3.18. The molecule has 21 heavy (non-hydrogen) atoms. The van der Waals surface area contributed by atoms with Gasteiger partial charge in [0.05, 0.1) is 17.1 Å². The van der Waals surface area contributed by atoms with Crippen molar-refractivity contribution in [2.75, 3.05) is 11.9 Å². The van der Waals surface area contributed by atoms with Crippen LogP contribution in [0.2, 0.25) is 0 Å². The van der Waals surface area contributed by atoms with E-state index in [0.717, 1.165) is 32.9 Å². The van der Waals surface area contributed by atoms with Crippen molar-refractivity contribution in [3.05, 3.63) is 48.2 Å². The van der Waals surface area contributed by atoms with Gasteiger partial charge in [0.2, 0.25) is 0 Å². The number of rotatable bonds is 1. The first kappa shape index (κ1) is 12.1. The molecule has 0 saturated carbocycles. The normalized spacial score (nSPS) is 17.4. The highest BCUT2D eigenvalue weighted by Crippen LogP contribution is 2.38. The first-order valence-electron chi connectivity index (χ1n) is 7.03. The molecule has 4 heteroatoms. The van der Waals surface area contributed by atoms with Crippen molar-refractivity contribution < 1.29 is 9.90 Å². The van der Waals surface area contributed by atoms with Crippen LogP contribution in [0, 0.1) is 0 Å². The summed E-state index contributed by atoms with van der Waals surface area (Å²) in [5.74, 6) is -1.21. The number of fused-ring (bicyclic) bond motifs is 5. The van der Waals surface area contributed by atoms with Crippen molar-refractivity contribution in [3.63, 3.8) is 0 Å². The first-order chi connectivity index (χ1) is 10.3. The van der Waals surface area contributed by atoms with Gasteiger partial charge in [-0.25, -0.2) is 0 Å². The van der Waals surface area contributed by atoms with Crippen molar-refractivity contribution in [1.82, 2.24) is 4.98 Å². The first-order valence-corrected chi connectivity index (χ1v) is 7.03. The fraction of sp³-hybridized carbons (Fsp3) is 0.176. The zero-order valence-corrected chi connectivity index (χ0v) is 11.3. The van der Waals surface area contributed by atoms with Crippen molar-refractivity contribution >= 4 is 33.3 Å². The highest BCUT2D eigenvalue weighted by molar-refractivity contribution is 6.10. The van der Waals surface area contributed by atoms with E-state index in [1.54, 1.807) is 0 Å². The number of hydrogen-bond acceptors (Lipinski definition) is 3. The molecule has 0 spiro atoms. The minimum absolute atomic E-state index is 0.445. The van der Waals surface area contributed by atoms with Gasteiger partial charge in [0.25, 0.3) is 0 Å². The van der Waals surface area contributed by atoms with E-state index in [4.69, 9.17) is 0 Å². The molecule has 1 unspecified atom stereocenters. The van der Waals surface area contributed by atoms with Crippen LogP contribution in [0.5, 0.6) is 0 Å². The predicted molar refractivity (Wildman–Crippen MR) is 82.7 cm³/mol. The topological polar surface area (TPSA) is 62.2 Å². The molecule has 1 aliphatic heterocycles. The quantitative estimate of drug-likeness (QED) is 0.670. The molecule has 4 rings (SSSR count). The van der Waals surface area contributed by atoms with Gasteiger partial charge in [-0.2, -0.15) is 0 Å². The summed E-state index contributed by atoms with van der Waals surface area (Å²) in [5.41, 5.74) is 2.57.